The molecule has 1 N–H and O–H groups in total. The summed E-state index contributed by atoms with van der Waals surface area (Å²) in [5.41, 5.74) is 1.48. The van der Waals surface area contributed by atoms with E-state index in [9.17, 15) is 12.8 Å². The first-order valence-corrected chi connectivity index (χ1v) is 15.4. The summed E-state index contributed by atoms with van der Waals surface area (Å²) in [4.78, 5) is 11.8. The third-order valence-corrected chi connectivity index (χ3v) is 8.59. The first-order valence-electron chi connectivity index (χ1n) is 12.4. The van der Waals surface area contributed by atoms with E-state index in [0.29, 0.717) is 23.7 Å². The number of piperidine rings is 1. The van der Waals surface area contributed by atoms with Gasteiger partial charge in [-0.3, -0.25) is 9.80 Å². The highest BCUT2D eigenvalue weighted by molar-refractivity contribution is 9.10. The Kier molecular flexibility index (Phi) is 9.28. The van der Waals surface area contributed by atoms with Gasteiger partial charge in [0.15, 0.2) is 0 Å². The molecule has 0 saturated carbocycles. The molecule has 0 unspecified atom stereocenters. The molecular formula is C25H34BrClFN5O2S. The maximum atomic E-state index is 14.3. The Hall–Kier alpha value is -1.30. The fraction of sp³-hybridized carbons (Fsp3) is 0.560. The van der Waals surface area contributed by atoms with Gasteiger partial charge in [-0.2, -0.15) is 0 Å². The van der Waals surface area contributed by atoms with Crippen molar-refractivity contribution in [2.45, 2.75) is 51.4 Å². The van der Waals surface area contributed by atoms with Crippen molar-refractivity contribution in [3.05, 3.63) is 56.9 Å². The molecular weight excluding hydrogens is 569 g/mol. The molecule has 7 nitrogen and oxygen atoms in total. The van der Waals surface area contributed by atoms with E-state index in [1.165, 1.54) is 6.07 Å². The quantitative estimate of drug-likeness (QED) is 0.487. The predicted molar refractivity (Wildman–Crippen MR) is 146 cm³/mol. The number of nitrogens with one attached hydrogen (secondary N) is 1. The standard InChI is InChI=1S/C25H34BrClFN5O2S/c1-3-21-17-32(25-23(27)12-18(14-29-25)15-30-36(2,34)35)10-11-33(21)22-6-8-31(9-7-22)16-19-4-5-20(26)13-24(19)28/h4-5,12-14,21-22,30H,3,6-11,15-17H2,1-2H3/t21-/m0/s1. The van der Waals surface area contributed by atoms with Crippen LogP contribution < -0.4 is 9.62 Å². The number of anilines is 1. The van der Waals surface area contributed by atoms with E-state index < -0.39 is 10.0 Å². The third kappa shape index (κ3) is 7.17. The van der Waals surface area contributed by atoms with E-state index in [-0.39, 0.29) is 12.4 Å². The number of likely N-dealkylation sites (tertiary alicyclic amines) is 1. The summed E-state index contributed by atoms with van der Waals surface area (Å²) in [6, 6.07) is 8.02. The lowest BCUT2D eigenvalue weighted by atomic mass is 9.97. The van der Waals surface area contributed by atoms with Crippen LogP contribution in [0, 0.1) is 5.82 Å². The molecule has 2 fully saturated rings. The molecule has 36 heavy (non-hydrogen) atoms. The van der Waals surface area contributed by atoms with E-state index in [4.69, 9.17) is 11.6 Å². The zero-order chi connectivity index (χ0) is 25.9. The van der Waals surface area contributed by atoms with Gasteiger partial charge in [-0.05, 0) is 56.1 Å². The number of aromatic nitrogens is 1. The molecule has 198 valence electrons. The summed E-state index contributed by atoms with van der Waals surface area (Å²) in [5.74, 6) is 0.602. The fourth-order valence-electron chi connectivity index (χ4n) is 5.22. The van der Waals surface area contributed by atoms with Gasteiger partial charge in [-0.15, -0.1) is 0 Å². The van der Waals surface area contributed by atoms with E-state index in [1.807, 2.05) is 12.1 Å². The smallest absolute Gasteiger partial charge is 0.209 e. The number of halogens is 3. The van der Waals surface area contributed by atoms with Gasteiger partial charge in [-0.25, -0.2) is 22.5 Å². The molecule has 2 aliphatic rings. The van der Waals surface area contributed by atoms with Gasteiger partial charge in [0, 0.05) is 61.0 Å². The van der Waals surface area contributed by atoms with Crippen LogP contribution in [-0.2, 0) is 23.1 Å². The number of rotatable bonds is 8. The van der Waals surface area contributed by atoms with Gasteiger partial charge in [0.2, 0.25) is 10.0 Å². The maximum Gasteiger partial charge on any atom is 0.209 e. The van der Waals surface area contributed by atoms with Crippen molar-refractivity contribution in [2.24, 2.45) is 0 Å². The first kappa shape index (κ1) is 27.7. The molecule has 2 aromatic rings. The van der Waals surface area contributed by atoms with E-state index in [1.54, 1.807) is 12.3 Å². The van der Waals surface area contributed by atoms with Gasteiger partial charge in [0.25, 0.3) is 0 Å². The molecule has 0 amide bonds. The van der Waals surface area contributed by atoms with Gasteiger partial charge in [0.1, 0.15) is 11.6 Å². The van der Waals surface area contributed by atoms with Crippen LogP contribution in [0.3, 0.4) is 0 Å². The molecule has 11 heteroatoms. The van der Waals surface area contributed by atoms with Crippen LogP contribution in [0.25, 0.3) is 0 Å². The molecule has 3 heterocycles. The highest BCUT2D eigenvalue weighted by Crippen LogP contribution is 2.30. The van der Waals surface area contributed by atoms with Crippen molar-refractivity contribution in [3.63, 3.8) is 0 Å². The number of benzene rings is 1. The second kappa shape index (κ2) is 12.0. The summed E-state index contributed by atoms with van der Waals surface area (Å²) in [7, 11) is -3.27. The molecule has 2 saturated heterocycles. The Balaban J connectivity index is 1.32. The van der Waals surface area contributed by atoms with Crippen molar-refractivity contribution in [1.82, 2.24) is 19.5 Å². The van der Waals surface area contributed by atoms with Crippen molar-refractivity contribution in [2.75, 3.05) is 43.9 Å². The Bertz CT molecular complexity index is 1160. The number of piperazine rings is 1. The van der Waals surface area contributed by atoms with Crippen LogP contribution >= 0.6 is 27.5 Å². The van der Waals surface area contributed by atoms with Crippen molar-refractivity contribution < 1.29 is 12.8 Å². The first-order chi connectivity index (χ1) is 17.1. The predicted octanol–water partition coefficient (Wildman–Crippen LogP) is 4.25. The Morgan fingerprint density at radius 3 is 2.58 bits per heavy atom. The minimum Gasteiger partial charge on any atom is -0.353 e. The van der Waals surface area contributed by atoms with Gasteiger partial charge >= 0.3 is 0 Å². The average molecular weight is 603 g/mol. The molecule has 0 bridgehead atoms. The van der Waals surface area contributed by atoms with Crippen LogP contribution in [0.5, 0.6) is 0 Å². The van der Waals surface area contributed by atoms with Gasteiger partial charge in [-0.1, -0.05) is 40.5 Å². The summed E-state index contributed by atoms with van der Waals surface area (Å²) < 4.78 is 40.2. The van der Waals surface area contributed by atoms with Gasteiger partial charge < -0.3 is 4.90 Å². The van der Waals surface area contributed by atoms with E-state index in [0.717, 1.165) is 79.7 Å². The monoisotopic (exact) mass is 601 g/mol. The molecule has 1 atom stereocenters. The second-order valence-electron chi connectivity index (χ2n) is 9.73. The molecule has 0 aliphatic carbocycles. The lowest BCUT2D eigenvalue weighted by Gasteiger charge is -2.47. The number of pyridine rings is 1. The summed E-state index contributed by atoms with van der Waals surface area (Å²) in [6.07, 6.45) is 6.02. The van der Waals surface area contributed by atoms with E-state index in [2.05, 4.69) is 47.3 Å². The summed E-state index contributed by atoms with van der Waals surface area (Å²) >= 11 is 9.89. The average Bonchev–Trinajstić information content (AvgIpc) is 2.84. The number of hydrogen-bond acceptors (Lipinski definition) is 6. The lowest BCUT2D eigenvalue weighted by Crippen LogP contribution is -2.58. The number of nitrogens with zero attached hydrogens (tertiary/aromatic N) is 4. The normalized spacial score (nSPS) is 20.7. The van der Waals surface area contributed by atoms with Crippen LogP contribution in [-0.4, -0.2) is 74.3 Å². The zero-order valence-corrected chi connectivity index (χ0v) is 23.9. The second-order valence-corrected chi connectivity index (χ2v) is 12.9. The van der Waals surface area contributed by atoms with Crippen LogP contribution in [0.2, 0.25) is 5.02 Å². The van der Waals surface area contributed by atoms with Gasteiger partial charge in [0.05, 0.1) is 11.3 Å². The Morgan fingerprint density at radius 2 is 1.94 bits per heavy atom. The SMILES string of the molecule is CC[C@H]1CN(c2ncc(CNS(C)(=O)=O)cc2Cl)CCN1C1CCN(Cc2ccc(Br)cc2F)CC1. The lowest BCUT2D eigenvalue weighted by molar-refractivity contribution is 0.0607. The Morgan fingerprint density at radius 1 is 1.19 bits per heavy atom. The Labute approximate surface area is 227 Å². The van der Waals surface area contributed by atoms with Crippen molar-refractivity contribution >= 4 is 43.4 Å². The molecule has 2 aliphatic heterocycles. The third-order valence-electron chi connectivity index (χ3n) is 7.15. The van der Waals surface area contributed by atoms with Crippen LogP contribution in [0.15, 0.2) is 34.9 Å². The number of sulfonamides is 1. The highest BCUT2D eigenvalue weighted by atomic mass is 79.9. The van der Waals surface area contributed by atoms with E-state index >= 15 is 0 Å². The number of hydrogen-bond donors (Lipinski definition) is 1. The minimum absolute atomic E-state index is 0.152. The summed E-state index contributed by atoms with van der Waals surface area (Å²) in [6.45, 7) is 7.62. The topological polar surface area (TPSA) is 68.8 Å². The minimum atomic E-state index is -3.27. The molecule has 4 rings (SSSR count). The maximum absolute atomic E-state index is 14.3. The highest BCUT2D eigenvalue weighted by Gasteiger charge is 2.34. The molecule has 0 radical (unpaired) electrons. The summed E-state index contributed by atoms with van der Waals surface area (Å²) in [5, 5.41) is 0.541. The van der Waals surface area contributed by atoms with Crippen molar-refractivity contribution in [1.29, 1.82) is 0 Å². The fourth-order valence-corrected chi connectivity index (χ4v) is 6.29. The molecule has 1 aromatic heterocycles. The van der Waals surface area contributed by atoms with Crippen LogP contribution in [0.1, 0.15) is 37.3 Å². The largest absolute Gasteiger partial charge is 0.353 e. The molecule has 1 aromatic carbocycles. The zero-order valence-electron chi connectivity index (χ0n) is 20.8. The van der Waals surface area contributed by atoms with Crippen LogP contribution in [0.4, 0.5) is 10.2 Å². The van der Waals surface area contributed by atoms with Crippen molar-refractivity contribution in [3.8, 4) is 0 Å². The molecule has 0 spiro atoms.